The van der Waals surface area contributed by atoms with Crippen molar-refractivity contribution in [2.75, 3.05) is 32.9 Å². The van der Waals surface area contributed by atoms with E-state index in [4.69, 9.17) is 15.2 Å². The number of halogens is 1. The van der Waals surface area contributed by atoms with Crippen LogP contribution >= 0.6 is 12.4 Å². The summed E-state index contributed by atoms with van der Waals surface area (Å²) in [5.74, 6) is 0.104. The summed E-state index contributed by atoms with van der Waals surface area (Å²) in [7, 11) is 0. The Kier molecular flexibility index (Phi) is 4.85. The average Bonchev–Trinajstić information content (AvgIpc) is 3.08. The zero-order valence-electron chi connectivity index (χ0n) is 13.9. The predicted octanol–water partition coefficient (Wildman–Crippen LogP) is 1.58. The molecule has 2 saturated heterocycles. The van der Waals surface area contributed by atoms with E-state index in [0.29, 0.717) is 13.0 Å². The lowest BCUT2D eigenvalue weighted by Gasteiger charge is -2.58. The van der Waals surface area contributed by atoms with Crippen molar-refractivity contribution >= 4 is 18.3 Å². The van der Waals surface area contributed by atoms with Gasteiger partial charge >= 0.3 is 0 Å². The van der Waals surface area contributed by atoms with Gasteiger partial charge in [0.2, 0.25) is 5.91 Å². The third-order valence-corrected chi connectivity index (χ3v) is 6.12. The lowest BCUT2D eigenvalue weighted by molar-refractivity contribution is -0.178. The number of carbonyl (C=O) groups excluding carboxylic acids is 1. The molecule has 0 bridgehead atoms. The van der Waals surface area contributed by atoms with Gasteiger partial charge in [0.1, 0.15) is 5.54 Å². The number of hydrogen-bond acceptors (Lipinski definition) is 4. The SMILES string of the molecule is CCOC1CC(N)(C(=O)N2CCC3(CCOC3)C2)C1(C)C.Cl. The van der Waals surface area contributed by atoms with Crippen LogP contribution in [0.15, 0.2) is 0 Å². The number of nitrogens with zero attached hydrogens (tertiary/aromatic N) is 1. The van der Waals surface area contributed by atoms with Crippen LogP contribution in [0.5, 0.6) is 0 Å². The minimum absolute atomic E-state index is 0. The molecule has 3 rings (SSSR count). The topological polar surface area (TPSA) is 64.8 Å². The van der Waals surface area contributed by atoms with Crippen LogP contribution in [-0.4, -0.2) is 55.4 Å². The molecule has 3 atom stereocenters. The van der Waals surface area contributed by atoms with Crippen LogP contribution < -0.4 is 5.73 Å². The van der Waals surface area contributed by atoms with E-state index in [0.717, 1.165) is 39.1 Å². The van der Waals surface area contributed by atoms with Crippen molar-refractivity contribution < 1.29 is 14.3 Å². The maximum Gasteiger partial charge on any atom is 0.243 e. The smallest absolute Gasteiger partial charge is 0.243 e. The number of carbonyl (C=O) groups is 1. The molecule has 3 aliphatic rings. The van der Waals surface area contributed by atoms with E-state index >= 15 is 0 Å². The Balaban J connectivity index is 0.00000176. The highest BCUT2D eigenvalue weighted by atomic mass is 35.5. The first-order valence-electron chi connectivity index (χ1n) is 8.12. The molecule has 6 heteroatoms. The maximum atomic E-state index is 13.0. The number of rotatable bonds is 3. The standard InChI is InChI=1S/C16H28N2O3.ClH/c1-4-21-12-9-16(17,14(12,2)3)13(19)18-7-5-15(10-18)6-8-20-11-15;/h12H,4-11,17H2,1-3H3;1H. The summed E-state index contributed by atoms with van der Waals surface area (Å²) < 4.78 is 11.3. The van der Waals surface area contributed by atoms with Crippen molar-refractivity contribution in [3.63, 3.8) is 0 Å². The molecule has 2 aliphatic heterocycles. The maximum absolute atomic E-state index is 13.0. The van der Waals surface area contributed by atoms with Gasteiger partial charge in [-0.25, -0.2) is 0 Å². The second-order valence-electron chi connectivity index (χ2n) is 7.62. The van der Waals surface area contributed by atoms with E-state index in [-0.39, 0.29) is 35.2 Å². The molecule has 1 spiro atoms. The zero-order chi connectivity index (χ0) is 15.3. The molecular weight excluding hydrogens is 304 g/mol. The predicted molar refractivity (Wildman–Crippen MR) is 87.0 cm³/mol. The Morgan fingerprint density at radius 3 is 2.68 bits per heavy atom. The second-order valence-corrected chi connectivity index (χ2v) is 7.62. The molecule has 1 saturated carbocycles. The van der Waals surface area contributed by atoms with Crippen LogP contribution in [0.4, 0.5) is 0 Å². The van der Waals surface area contributed by atoms with E-state index < -0.39 is 5.54 Å². The van der Waals surface area contributed by atoms with E-state index in [9.17, 15) is 4.79 Å². The van der Waals surface area contributed by atoms with Gasteiger partial charge in [-0.05, 0) is 19.8 Å². The largest absolute Gasteiger partial charge is 0.381 e. The number of ether oxygens (including phenoxy) is 2. The molecule has 2 heterocycles. The van der Waals surface area contributed by atoms with Crippen molar-refractivity contribution in [2.24, 2.45) is 16.6 Å². The van der Waals surface area contributed by atoms with Crippen LogP contribution in [0.25, 0.3) is 0 Å². The molecule has 1 amide bonds. The Morgan fingerprint density at radius 2 is 2.14 bits per heavy atom. The third kappa shape index (κ3) is 2.46. The second kappa shape index (κ2) is 5.93. The first kappa shape index (κ1) is 18.0. The Morgan fingerprint density at radius 1 is 1.41 bits per heavy atom. The van der Waals surface area contributed by atoms with Crippen LogP contribution in [0, 0.1) is 10.8 Å². The molecule has 22 heavy (non-hydrogen) atoms. The van der Waals surface area contributed by atoms with Gasteiger partial charge in [-0.3, -0.25) is 4.79 Å². The highest BCUT2D eigenvalue weighted by Gasteiger charge is 2.64. The van der Waals surface area contributed by atoms with Crippen molar-refractivity contribution in [3.8, 4) is 0 Å². The Labute approximate surface area is 139 Å². The van der Waals surface area contributed by atoms with E-state index in [2.05, 4.69) is 13.8 Å². The molecular formula is C16H29ClN2O3. The van der Waals surface area contributed by atoms with Gasteiger partial charge in [0.05, 0.1) is 12.7 Å². The van der Waals surface area contributed by atoms with Gasteiger partial charge in [-0.15, -0.1) is 12.4 Å². The summed E-state index contributed by atoms with van der Waals surface area (Å²) >= 11 is 0. The molecule has 3 unspecified atom stereocenters. The van der Waals surface area contributed by atoms with Crippen molar-refractivity contribution in [1.29, 1.82) is 0 Å². The van der Waals surface area contributed by atoms with Crippen LogP contribution in [0.1, 0.15) is 40.0 Å². The molecule has 3 fully saturated rings. The van der Waals surface area contributed by atoms with Gasteiger partial charge in [0.15, 0.2) is 0 Å². The summed E-state index contributed by atoms with van der Waals surface area (Å²) in [5, 5.41) is 0. The fraction of sp³-hybridized carbons (Fsp3) is 0.938. The molecule has 5 nitrogen and oxygen atoms in total. The zero-order valence-corrected chi connectivity index (χ0v) is 14.7. The molecule has 0 aromatic heterocycles. The summed E-state index contributed by atoms with van der Waals surface area (Å²) in [6, 6.07) is 0. The number of nitrogens with two attached hydrogens (primary N) is 1. The van der Waals surface area contributed by atoms with Gasteiger partial charge in [0.25, 0.3) is 0 Å². The first-order valence-corrected chi connectivity index (χ1v) is 8.12. The Hall–Kier alpha value is -0.360. The van der Waals surface area contributed by atoms with Crippen molar-refractivity contribution in [1.82, 2.24) is 4.90 Å². The molecule has 0 radical (unpaired) electrons. The summed E-state index contributed by atoms with van der Waals surface area (Å²) in [6.45, 7) is 10.0. The molecule has 128 valence electrons. The highest BCUT2D eigenvalue weighted by Crippen LogP contribution is 2.51. The van der Waals surface area contributed by atoms with Gasteiger partial charge in [0, 0.05) is 43.6 Å². The van der Waals surface area contributed by atoms with Crippen LogP contribution in [0.2, 0.25) is 0 Å². The quantitative estimate of drug-likeness (QED) is 0.852. The molecule has 0 aromatic rings. The van der Waals surface area contributed by atoms with Gasteiger partial charge in [-0.1, -0.05) is 13.8 Å². The fourth-order valence-electron chi connectivity index (χ4n) is 4.16. The molecule has 2 N–H and O–H groups in total. The minimum atomic E-state index is -0.780. The summed E-state index contributed by atoms with van der Waals surface area (Å²) in [4.78, 5) is 14.9. The molecule has 0 aromatic carbocycles. The summed E-state index contributed by atoms with van der Waals surface area (Å²) in [6.07, 6.45) is 2.83. The minimum Gasteiger partial charge on any atom is -0.381 e. The van der Waals surface area contributed by atoms with Gasteiger partial charge < -0.3 is 20.1 Å². The van der Waals surface area contributed by atoms with Gasteiger partial charge in [-0.2, -0.15) is 0 Å². The number of hydrogen-bond donors (Lipinski definition) is 1. The highest BCUT2D eigenvalue weighted by molar-refractivity contribution is 5.89. The monoisotopic (exact) mass is 332 g/mol. The first-order chi connectivity index (χ1) is 9.85. The van der Waals surface area contributed by atoms with E-state index in [1.165, 1.54) is 0 Å². The van der Waals surface area contributed by atoms with Crippen molar-refractivity contribution in [3.05, 3.63) is 0 Å². The number of likely N-dealkylation sites (tertiary alicyclic amines) is 1. The molecule has 1 aliphatic carbocycles. The fourth-order valence-corrected chi connectivity index (χ4v) is 4.16. The third-order valence-electron chi connectivity index (χ3n) is 6.12. The van der Waals surface area contributed by atoms with Crippen molar-refractivity contribution in [2.45, 2.75) is 51.7 Å². The summed E-state index contributed by atoms with van der Waals surface area (Å²) in [5.41, 5.74) is 5.62. The van der Waals surface area contributed by atoms with Crippen LogP contribution in [0.3, 0.4) is 0 Å². The van der Waals surface area contributed by atoms with Crippen LogP contribution in [-0.2, 0) is 14.3 Å². The normalized spacial score (nSPS) is 39.6. The Bertz CT molecular complexity index is 437. The number of amides is 1. The lowest BCUT2D eigenvalue weighted by atomic mass is 9.54. The average molecular weight is 333 g/mol. The van der Waals surface area contributed by atoms with E-state index in [1.807, 2.05) is 11.8 Å². The van der Waals surface area contributed by atoms with E-state index in [1.54, 1.807) is 0 Å². The lowest BCUT2D eigenvalue weighted by Crippen LogP contribution is -2.76.